The second kappa shape index (κ2) is 4.94. The van der Waals surface area contributed by atoms with Gasteiger partial charge in [0.2, 0.25) is 0 Å². The highest BCUT2D eigenvalue weighted by Gasteiger charge is 2.14. The summed E-state index contributed by atoms with van der Waals surface area (Å²) >= 11 is 5.68. The molecule has 0 saturated carbocycles. The molecule has 0 bridgehead atoms. The molecule has 0 amide bonds. The van der Waals surface area contributed by atoms with Gasteiger partial charge in [-0.3, -0.25) is 0 Å². The van der Waals surface area contributed by atoms with Crippen LogP contribution in [-0.2, 0) is 28.0 Å². The summed E-state index contributed by atoms with van der Waals surface area (Å²) in [6, 6.07) is 0. The van der Waals surface area contributed by atoms with E-state index in [0.717, 1.165) is 6.42 Å². The molecule has 0 saturated heterocycles. The second-order valence-electron chi connectivity index (χ2n) is 3.39. The SMILES string of the molecule is CCCn1c(CCl)nnc1CS(C)(=O)=O. The molecule has 0 aliphatic carbocycles. The molecule has 0 N–H and O–H groups in total. The van der Waals surface area contributed by atoms with Gasteiger partial charge in [0.05, 0.1) is 5.88 Å². The van der Waals surface area contributed by atoms with Gasteiger partial charge in [-0.05, 0) is 6.42 Å². The predicted octanol–water partition coefficient (Wildman–Crippen LogP) is 0.972. The van der Waals surface area contributed by atoms with E-state index < -0.39 is 9.84 Å². The van der Waals surface area contributed by atoms with Gasteiger partial charge in [-0.2, -0.15) is 0 Å². The highest BCUT2D eigenvalue weighted by molar-refractivity contribution is 7.89. The maximum Gasteiger partial charge on any atom is 0.154 e. The van der Waals surface area contributed by atoms with Gasteiger partial charge in [-0.15, -0.1) is 21.8 Å². The fourth-order valence-corrected chi connectivity index (χ4v) is 2.17. The molecular weight excluding hydrogens is 238 g/mol. The Hall–Kier alpha value is -0.620. The molecule has 0 unspecified atom stereocenters. The molecule has 0 atom stereocenters. The molecule has 15 heavy (non-hydrogen) atoms. The van der Waals surface area contributed by atoms with Crippen molar-refractivity contribution in [2.45, 2.75) is 31.5 Å². The third kappa shape index (κ3) is 3.46. The molecule has 0 spiro atoms. The molecule has 1 heterocycles. The molecule has 0 radical (unpaired) electrons. The maximum atomic E-state index is 11.1. The first-order valence-corrected chi connectivity index (χ1v) is 7.22. The van der Waals surface area contributed by atoms with E-state index in [1.54, 1.807) is 4.57 Å². The van der Waals surface area contributed by atoms with Crippen molar-refractivity contribution in [3.05, 3.63) is 11.6 Å². The topological polar surface area (TPSA) is 64.8 Å². The highest BCUT2D eigenvalue weighted by Crippen LogP contribution is 2.09. The van der Waals surface area contributed by atoms with Crippen molar-refractivity contribution >= 4 is 21.4 Å². The third-order valence-electron chi connectivity index (χ3n) is 1.86. The van der Waals surface area contributed by atoms with Crippen LogP contribution in [0.25, 0.3) is 0 Å². The minimum absolute atomic E-state index is 0.0864. The first kappa shape index (κ1) is 12.4. The first-order chi connectivity index (χ1) is 6.98. The summed E-state index contributed by atoms with van der Waals surface area (Å²) in [5.41, 5.74) is 0. The lowest BCUT2D eigenvalue weighted by Gasteiger charge is -2.06. The average molecular weight is 252 g/mol. The van der Waals surface area contributed by atoms with E-state index in [2.05, 4.69) is 10.2 Å². The number of alkyl halides is 1. The van der Waals surface area contributed by atoms with E-state index in [0.29, 0.717) is 18.2 Å². The molecular formula is C8H14ClN3O2S. The molecule has 1 aromatic rings. The number of hydrogen-bond donors (Lipinski definition) is 0. The number of rotatable bonds is 5. The zero-order chi connectivity index (χ0) is 11.5. The highest BCUT2D eigenvalue weighted by atomic mass is 35.5. The Morgan fingerprint density at radius 1 is 1.33 bits per heavy atom. The minimum Gasteiger partial charge on any atom is -0.313 e. The van der Waals surface area contributed by atoms with E-state index in [4.69, 9.17) is 11.6 Å². The number of sulfone groups is 1. The molecule has 1 rings (SSSR count). The first-order valence-electron chi connectivity index (χ1n) is 4.62. The van der Waals surface area contributed by atoms with Crippen LogP contribution in [-0.4, -0.2) is 29.4 Å². The van der Waals surface area contributed by atoms with Gasteiger partial charge in [-0.1, -0.05) is 6.92 Å². The summed E-state index contributed by atoms with van der Waals surface area (Å²) in [7, 11) is -3.08. The fraction of sp³-hybridized carbons (Fsp3) is 0.750. The number of halogens is 1. The summed E-state index contributed by atoms with van der Waals surface area (Å²) in [4.78, 5) is 0. The molecule has 0 fully saturated rings. The molecule has 5 nitrogen and oxygen atoms in total. The fourth-order valence-electron chi connectivity index (χ4n) is 1.29. The Morgan fingerprint density at radius 2 is 1.93 bits per heavy atom. The molecule has 86 valence electrons. The largest absolute Gasteiger partial charge is 0.313 e. The summed E-state index contributed by atoms with van der Waals surface area (Å²) in [5, 5.41) is 7.69. The number of aromatic nitrogens is 3. The van der Waals surface area contributed by atoms with Crippen LogP contribution in [0.1, 0.15) is 25.0 Å². The lowest BCUT2D eigenvalue weighted by Crippen LogP contribution is -2.11. The zero-order valence-electron chi connectivity index (χ0n) is 8.77. The van der Waals surface area contributed by atoms with E-state index in [9.17, 15) is 8.42 Å². The lowest BCUT2D eigenvalue weighted by molar-refractivity contribution is 0.591. The number of nitrogens with zero attached hydrogens (tertiary/aromatic N) is 3. The van der Waals surface area contributed by atoms with Gasteiger partial charge in [0.25, 0.3) is 0 Å². The van der Waals surface area contributed by atoms with Crippen LogP contribution in [0.15, 0.2) is 0 Å². The molecule has 0 aliphatic heterocycles. The van der Waals surface area contributed by atoms with Gasteiger partial charge in [-0.25, -0.2) is 8.42 Å². The van der Waals surface area contributed by atoms with Crippen LogP contribution in [0.2, 0.25) is 0 Å². The van der Waals surface area contributed by atoms with Crippen molar-refractivity contribution in [1.29, 1.82) is 0 Å². The standard InChI is InChI=1S/C8H14ClN3O2S/c1-3-4-12-7(5-9)10-11-8(12)6-15(2,13)14/h3-6H2,1-2H3. The minimum atomic E-state index is -3.08. The zero-order valence-corrected chi connectivity index (χ0v) is 10.3. The van der Waals surface area contributed by atoms with Crippen LogP contribution in [0.5, 0.6) is 0 Å². The quantitative estimate of drug-likeness (QED) is 0.732. The van der Waals surface area contributed by atoms with Crippen molar-refractivity contribution < 1.29 is 8.42 Å². The molecule has 1 aromatic heterocycles. The normalized spacial score (nSPS) is 11.9. The van der Waals surface area contributed by atoms with Crippen molar-refractivity contribution in [3.8, 4) is 0 Å². The molecule has 7 heteroatoms. The van der Waals surface area contributed by atoms with Crippen LogP contribution < -0.4 is 0 Å². The second-order valence-corrected chi connectivity index (χ2v) is 5.80. The third-order valence-corrected chi connectivity index (χ3v) is 2.88. The Bertz CT molecular complexity index is 427. The van der Waals surface area contributed by atoms with Crippen LogP contribution in [0.4, 0.5) is 0 Å². The molecule has 0 aliphatic rings. The van der Waals surface area contributed by atoms with Crippen molar-refractivity contribution in [2.24, 2.45) is 0 Å². The summed E-state index contributed by atoms with van der Waals surface area (Å²) in [5.74, 6) is 1.25. The summed E-state index contributed by atoms with van der Waals surface area (Å²) in [6.45, 7) is 2.70. The number of hydrogen-bond acceptors (Lipinski definition) is 4. The molecule has 0 aromatic carbocycles. The van der Waals surface area contributed by atoms with Crippen LogP contribution in [0, 0.1) is 0 Å². The summed E-state index contributed by atoms with van der Waals surface area (Å²) < 4.78 is 24.1. The Kier molecular flexibility index (Phi) is 4.10. The lowest BCUT2D eigenvalue weighted by atomic mass is 10.4. The monoisotopic (exact) mass is 251 g/mol. The van der Waals surface area contributed by atoms with Crippen molar-refractivity contribution in [3.63, 3.8) is 0 Å². The van der Waals surface area contributed by atoms with Gasteiger partial charge in [0, 0.05) is 12.8 Å². The summed E-state index contributed by atoms with van der Waals surface area (Å²) in [6.07, 6.45) is 2.07. The Labute approximate surface area is 94.4 Å². The van der Waals surface area contributed by atoms with Gasteiger partial charge in [0.15, 0.2) is 9.84 Å². The maximum absolute atomic E-state index is 11.1. The van der Waals surface area contributed by atoms with Gasteiger partial charge in [0.1, 0.15) is 17.4 Å². The van der Waals surface area contributed by atoms with Crippen molar-refractivity contribution in [1.82, 2.24) is 14.8 Å². The van der Waals surface area contributed by atoms with E-state index in [1.807, 2.05) is 6.92 Å². The van der Waals surface area contributed by atoms with E-state index in [-0.39, 0.29) is 11.6 Å². The Balaban J connectivity index is 3.02. The van der Waals surface area contributed by atoms with E-state index in [1.165, 1.54) is 6.26 Å². The van der Waals surface area contributed by atoms with Crippen LogP contribution in [0.3, 0.4) is 0 Å². The average Bonchev–Trinajstić information content (AvgIpc) is 2.47. The smallest absolute Gasteiger partial charge is 0.154 e. The van der Waals surface area contributed by atoms with E-state index >= 15 is 0 Å². The Morgan fingerprint density at radius 3 is 2.40 bits per heavy atom. The van der Waals surface area contributed by atoms with Gasteiger partial charge < -0.3 is 4.57 Å². The van der Waals surface area contributed by atoms with Crippen LogP contribution >= 0.6 is 11.6 Å². The van der Waals surface area contributed by atoms with Crippen molar-refractivity contribution in [2.75, 3.05) is 6.26 Å². The van der Waals surface area contributed by atoms with Gasteiger partial charge >= 0.3 is 0 Å². The predicted molar refractivity (Wildman–Crippen MR) is 58.4 cm³/mol.